The van der Waals surface area contributed by atoms with Crippen molar-refractivity contribution in [2.45, 2.75) is 32.1 Å². The molecular formula is C17H21N7O2. The number of carbonyl (C=O) groups is 1. The normalized spacial score (nSPS) is 17.6. The van der Waals surface area contributed by atoms with Gasteiger partial charge in [-0.2, -0.15) is 9.61 Å². The lowest BCUT2D eigenvalue weighted by molar-refractivity contribution is -0.134. The second-order valence-electron chi connectivity index (χ2n) is 6.44. The monoisotopic (exact) mass is 355 g/mol. The molecule has 0 aromatic carbocycles. The quantitative estimate of drug-likeness (QED) is 0.738. The minimum atomic E-state index is -0.0308. The van der Waals surface area contributed by atoms with E-state index < -0.39 is 0 Å². The number of amides is 1. The minimum Gasteiger partial charge on any atom is -0.467 e. The van der Waals surface area contributed by atoms with Gasteiger partial charge >= 0.3 is 0 Å². The third-order valence-corrected chi connectivity index (χ3v) is 4.80. The molecule has 1 atom stereocenters. The molecule has 136 valence electrons. The van der Waals surface area contributed by atoms with Gasteiger partial charge in [-0.05, 0) is 30.9 Å². The highest BCUT2D eigenvalue weighted by atomic mass is 16.5. The van der Waals surface area contributed by atoms with Gasteiger partial charge in [0.15, 0.2) is 12.3 Å². The number of carbonyl (C=O) groups excluding carboxylic acids is 1. The highest BCUT2D eigenvalue weighted by molar-refractivity contribution is 5.78. The number of nitrogens with zero attached hydrogens (tertiary/aromatic N) is 6. The van der Waals surface area contributed by atoms with Gasteiger partial charge in [0.1, 0.15) is 6.33 Å². The van der Waals surface area contributed by atoms with Gasteiger partial charge < -0.3 is 9.64 Å². The first-order chi connectivity index (χ1) is 12.7. The summed E-state index contributed by atoms with van der Waals surface area (Å²) in [4.78, 5) is 14.4. The molecule has 0 saturated carbocycles. The summed E-state index contributed by atoms with van der Waals surface area (Å²) in [5.74, 6) is 0.649. The van der Waals surface area contributed by atoms with Gasteiger partial charge in [-0.3, -0.25) is 9.89 Å². The van der Waals surface area contributed by atoms with Crippen LogP contribution in [0.1, 0.15) is 36.9 Å². The number of hydrogen-bond acceptors (Lipinski definition) is 6. The van der Waals surface area contributed by atoms with Crippen molar-refractivity contribution in [3.8, 4) is 5.88 Å². The van der Waals surface area contributed by atoms with E-state index in [0.717, 1.165) is 31.5 Å². The van der Waals surface area contributed by atoms with Gasteiger partial charge in [-0.1, -0.05) is 6.92 Å². The summed E-state index contributed by atoms with van der Waals surface area (Å²) in [6, 6.07) is 3.44. The standard InChI is InChI=1S/C17H21N7O2/c1-2-12-8-18-21-17(12)13-4-3-7-23(9-13)16(25)10-26-15-6-5-14-20-19-11-24(14)22-15/h5-6,8,11,13H,2-4,7,9-10H2,1H3,(H,18,21). The third kappa shape index (κ3) is 3.24. The van der Waals surface area contributed by atoms with Crippen molar-refractivity contribution in [1.82, 2.24) is 34.9 Å². The Hall–Kier alpha value is -2.97. The lowest BCUT2D eigenvalue weighted by atomic mass is 9.92. The van der Waals surface area contributed by atoms with Crippen molar-refractivity contribution in [2.24, 2.45) is 0 Å². The summed E-state index contributed by atoms with van der Waals surface area (Å²) in [6.45, 7) is 3.53. The largest absolute Gasteiger partial charge is 0.467 e. The lowest BCUT2D eigenvalue weighted by Gasteiger charge is -2.32. The molecule has 1 aliphatic rings. The zero-order valence-electron chi connectivity index (χ0n) is 14.6. The molecular weight excluding hydrogens is 334 g/mol. The maximum absolute atomic E-state index is 12.6. The van der Waals surface area contributed by atoms with Crippen LogP contribution in [0.25, 0.3) is 5.65 Å². The molecule has 1 unspecified atom stereocenters. The molecule has 1 aliphatic heterocycles. The molecule has 0 bridgehead atoms. The Morgan fingerprint density at radius 3 is 3.23 bits per heavy atom. The van der Waals surface area contributed by atoms with Crippen molar-refractivity contribution < 1.29 is 9.53 Å². The number of nitrogens with one attached hydrogen (secondary N) is 1. The number of piperidine rings is 1. The molecule has 9 nitrogen and oxygen atoms in total. The van der Waals surface area contributed by atoms with Crippen LogP contribution in [-0.2, 0) is 11.2 Å². The number of likely N-dealkylation sites (tertiary alicyclic amines) is 1. The molecule has 1 N–H and O–H groups in total. The molecule has 1 fully saturated rings. The van der Waals surface area contributed by atoms with Gasteiger partial charge in [0.2, 0.25) is 5.88 Å². The number of fused-ring (bicyclic) bond motifs is 1. The average Bonchev–Trinajstić information content (AvgIpc) is 3.34. The van der Waals surface area contributed by atoms with E-state index in [4.69, 9.17) is 4.74 Å². The molecule has 4 heterocycles. The van der Waals surface area contributed by atoms with E-state index in [1.165, 1.54) is 16.4 Å². The maximum Gasteiger partial charge on any atom is 0.260 e. The Balaban J connectivity index is 1.38. The first-order valence-corrected chi connectivity index (χ1v) is 8.84. The maximum atomic E-state index is 12.6. The van der Waals surface area contributed by atoms with Crippen LogP contribution in [0.4, 0.5) is 0 Å². The van der Waals surface area contributed by atoms with Crippen LogP contribution in [0.3, 0.4) is 0 Å². The molecule has 9 heteroatoms. The number of ether oxygens (including phenoxy) is 1. The molecule has 26 heavy (non-hydrogen) atoms. The number of hydrogen-bond donors (Lipinski definition) is 1. The summed E-state index contributed by atoms with van der Waals surface area (Å²) in [6.07, 6.45) is 6.35. The van der Waals surface area contributed by atoms with Gasteiger partial charge in [0.05, 0.1) is 6.20 Å². The minimum absolute atomic E-state index is 0.0297. The second-order valence-corrected chi connectivity index (χ2v) is 6.44. The Bertz CT molecular complexity index is 903. The summed E-state index contributed by atoms with van der Waals surface area (Å²) >= 11 is 0. The number of aryl methyl sites for hydroxylation is 1. The first-order valence-electron chi connectivity index (χ1n) is 8.84. The first kappa shape index (κ1) is 16.5. The molecule has 3 aromatic rings. The number of aromatic nitrogens is 6. The fourth-order valence-corrected chi connectivity index (χ4v) is 3.41. The predicted molar refractivity (Wildman–Crippen MR) is 92.8 cm³/mol. The fourth-order valence-electron chi connectivity index (χ4n) is 3.41. The highest BCUT2D eigenvalue weighted by Crippen LogP contribution is 2.28. The molecule has 1 amide bonds. The van der Waals surface area contributed by atoms with Crippen LogP contribution in [0.2, 0.25) is 0 Å². The summed E-state index contributed by atoms with van der Waals surface area (Å²) in [5.41, 5.74) is 3.02. The van der Waals surface area contributed by atoms with Crippen molar-refractivity contribution in [3.05, 3.63) is 35.9 Å². The van der Waals surface area contributed by atoms with Gasteiger partial charge in [-0.15, -0.1) is 15.3 Å². The predicted octanol–water partition coefficient (Wildman–Crippen LogP) is 1.19. The van der Waals surface area contributed by atoms with Crippen molar-refractivity contribution in [3.63, 3.8) is 0 Å². The third-order valence-electron chi connectivity index (χ3n) is 4.80. The lowest BCUT2D eigenvalue weighted by Crippen LogP contribution is -2.41. The summed E-state index contributed by atoms with van der Waals surface area (Å²) in [5, 5.41) is 19.1. The van der Waals surface area contributed by atoms with Gasteiger partial charge in [0.25, 0.3) is 5.91 Å². The van der Waals surface area contributed by atoms with Gasteiger partial charge in [0, 0.05) is 30.8 Å². The molecule has 1 saturated heterocycles. The second kappa shape index (κ2) is 7.11. The highest BCUT2D eigenvalue weighted by Gasteiger charge is 2.27. The van der Waals surface area contributed by atoms with E-state index >= 15 is 0 Å². The zero-order valence-corrected chi connectivity index (χ0v) is 14.6. The summed E-state index contributed by atoms with van der Waals surface area (Å²) < 4.78 is 7.09. The van der Waals surface area contributed by atoms with Crippen LogP contribution >= 0.6 is 0 Å². The van der Waals surface area contributed by atoms with Crippen molar-refractivity contribution in [1.29, 1.82) is 0 Å². The van der Waals surface area contributed by atoms with Crippen LogP contribution in [0.15, 0.2) is 24.7 Å². The Labute approximate surface area is 150 Å². The van der Waals surface area contributed by atoms with Crippen LogP contribution < -0.4 is 4.74 Å². The van der Waals surface area contributed by atoms with Crippen LogP contribution in [0, 0.1) is 0 Å². The molecule has 3 aromatic heterocycles. The number of rotatable bonds is 5. The van der Waals surface area contributed by atoms with E-state index in [1.54, 1.807) is 12.1 Å². The van der Waals surface area contributed by atoms with Gasteiger partial charge in [-0.25, -0.2) is 0 Å². The van der Waals surface area contributed by atoms with E-state index in [0.29, 0.717) is 24.0 Å². The number of H-pyrrole nitrogens is 1. The number of aromatic amines is 1. The van der Waals surface area contributed by atoms with E-state index in [1.807, 2.05) is 11.1 Å². The van der Waals surface area contributed by atoms with Crippen molar-refractivity contribution in [2.75, 3.05) is 19.7 Å². The van der Waals surface area contributed by atoms with Crippen LogP contribution in [-0.4, -0.2) is 60.5 Å². The summed E-state index contributed by atoms with van der Waals surface area (Å²) in [7, 11) is 0. The smallest absolute Gasteiger partial charge is 0.260 e. The Kier molecular flexibility index (Phi) is 4.51. The molecule has 0 radical (unpaired) electrons. The topological polar surface area (TPSA) is 101 Å². The SMILES string of the molecule is CCc1cn[nH]c1C1CCCN(C(=O)COc2ccc3nncn3n2)C1. The molecule has 4 rings (SSSR count). The Morgan fingerprint density at radius 1 is 1.42 bits per heavy atom. The van der Waals surface area contributed by atoms with Crippen molar-refractivity contribution >= 4 is 11.6 Å². The van der Waals surface area contributed by atoms with E-state index in [2.05, 4.69) is 32.4 Å². The van der Waals surface area contributed by atoms with E-state index in [-0.39, 0.29) is 12.5 Å². The van der Waals surface area contributed by atoms with E-state index in [9.17, 15) is 4.79 Å². The Morgan fingerprint density at radius 2 is 2.35 bits per heavy atom. The molecule has 0 aliphatic carbocycles. The molecule has 0 spiro atoms. The zero-order chi connectivity index (χ0) is 17.9. The fraction of sp³-hybridized carbons (Fsp3) is 0.471. The van der Waals surface area contributed by atoms with Crippen LogP contribution in [0.5, 0.6) is 5.88 Å². The average molecular weight is 355 g/mol.